The molecule has 0 radical (unpaired) electrons. The van der Waals surface area contributed by atoms with Crippen LogP contribution in [-0.4, -0.2) is 74.8 Å². The number of nitrogens with one attached hydrogen (secondary N) is 1. The molecule has 6 rings (SSSR count). The van der Waals surface area contributed by atoms with Crippen molar-refractivity contribution in [1.29, 1.82) is 0 Å². The molecule has 0 bridgehead atoms. The Morgan fingerprint density at radius 1 is 0.672 bits per heavy atom. The maximum Gasteiger partial charge on any atom is 0.296 e. The Hall–Kier alpha value is -7.05. The van der Waals surface area contributed by atoms with Crippen molar-refractivity contribution in [3.63, 3.8) is 0 Å². The number of phenols is 1. The highest BCUT2D eigenvalue weighted by molar-refractivity contribution is 7.86. The standard InChI is InChI=1S/C43H43N7O11S2.CH4O.CH2O/c1-25-15-29(24-61-52)20-33(16-25)45-46-38-23-40(60-13-6-14-62(53,54)55)39(19-28(38)4)49-47-36-17-27(3)37(18-26(36)2)48-50-42-41(63(56,57)58)22-30-21-32(9-12-35(30)43(42)51)44-31-7-10-34(59-5)11-8-31;2*1-2/h7-12,15-23,44,51-52H,6,13-14,24H2,1-5H3,(H,53,54,55)(H,56,57,58);2H,1H3;1H2. The molecule has 0 aromatic heterocycles. The van der Waals surface area contributed by atoms with Crippen LogP contribution in [0.25, 0.3) is 10.8 Å². The van der Waals surface area contributed by atoms with Gasteiger partial charge >= 0.3 is 0 Å². The third-order valence-corrected chi connectivity index (χ3v) is 11.1. The fourth-order valence-electron chi connectivity index (χ4n) is 6.33. The number of rotatable bonds is 17. The van der Waals surface area contributed by atoms with E-state index in [1.807, 2.05) is 19.8 Å². The molecule has 0 spiro atoms. The van der Waals surface area contributed by atoms with Crippen LogP contribution < -0.4 is 14.8 Å². The van der Waals surface area contributed by atoms with Gasteiger partial charge in [0.15, 0.2) is 5.75 Å². The van der Waals surface area contributed by atoms with Gasteiger partial charge in [0.25, 0.3) is 20.2 Å². The van der Waals surface area contributed by atoms with E-state index in [-0.39, 0.29) is 36.5 Å². The van der Waals surface area contributed by atoms with Gasteiger partial charge in [-0.1, -0.05) is 6.07 Å². The van der Waals surface area contributed by atoms with Crippen LogP contribution in [0.15, 0.2) is 127 Å². The van der Waals surface area contributed by atoms with E-state index in [2.05, 4.69) is 40.9 Å². The van der Waals surface area contributed by atoms with Crippen LogP contribution in [0, 0.1) is 27.7 Å². The zero-order valence-corrected chi connectivity index (χ0v) is 38.8. The molecule has 0 amide bonds. The van der Waals surface area contributed by atoms with E-state index in [0.717, 1.165) is 18.4 Å². The van der Waals surface area contributed by atoms with Gasteiger partial charge in [-0.15, -0.1) is 10.2 Å². The zero-order valence-electron chi connectivity index (χ0n) is 37.2. The summed E-state index contributed by atoms with van der Waals surface area (Å²) in [5.74, 6) is -0.135. The average Bonchev–Trinajstić information content (AvgIpc) is 3.28. The normalized spacial score (nSPS) is 11.7. The number of ether oxygens (including phenoxy) is 2. The molecule has 22 heteroatoms. The van der Waals surface area contributed by atoms with E-state index in [9.17, 15) is 31.0 Å². The second kappa shape index (κ2) is 23.9. The van der Waals surface area contributed by atoms with Crippen molar-refractivity contribution in [3.05, 3.63) is 119 Å². The molecule has 0 atom stereocenters. The smallest absolute Gasteiger partial charge is 0.296 e. The van der Waals surface area contributed by atoms with Gasteiger partial charge in [-0.2, -0.15) is 37.3 Å². The number of hydrogen-bond acceptors (Lipinski definition) is 18. The van der Waals surface area contributed by atoms with Crippen LogP contribution in [0.2, 0.25) is 0 Å². The number of carbonyl (C=O) groups excluding carboxylic acids is 1. The minimum Gasteiger partial charge on any atom is -0.505 e. The van der Waals surface area contributed by atoms with Crippen molar-refractivity contribution in [1.82, 2.24) is 0 Å². The van der Waals surface area contributed by atoms with Crippen LogP contribution in [0.1, 0.15) is 34.2 Å². The van der Waals surface area contributed by atoms with Gasteiger partial charge in [0.05, 0.1) is 42.2 Å². The van der Waals surface area contributed by atoms with Gasteiger partial charge in [-0.05, 0) is 146 Å². The molecule has 6 N–H and O–H groups in total. The number of anilines is 2. The van der Waals surface area contributed by atoms with Gasteiger partial charge < -0.3 is 29.8 Å². The van der Waals surface area contributed by atoms with Gasteiger partial charge in [0, 0.05) is 29.9 Å². The first-order valence-corrected chi connectivity index (χ1v) is 22.8. The van der Waals surface area contributed by atoms with E-state index in [1.165, 1.54) is 6.07 Å². The first kappa shape index (κ1) is 52.6. The first-order valence-electron chi connectivity index (χ1n) is 19.8. The lowest BCUT2D eigenvalue weighted by molar-refractivity contribution is -0.253. The molecular weight excluding hydrogens is 911 g/mol. The van der Waals surface area contributed by atoms with Crippen molar-refractivity contribution in [3.8, 4) is 17.2 Å². The van der Waals surface area contributed by atoms with Gasteiger partial charge in [0.2, 0.25) is 0 Å². The van der Waals surface area contributed by atoms with Crippen molar-refractivity contribution >= 4 is 83.3 Å². The monoisotopic (exact) mass is 959 g/mol. The summed E-state index contributed by atoms with van der Waals surface area (Å²) in [4.78, 5) is 11.6. The molecule has 6 aromatic carbocycles. The number of aliphatic hydroxyl groups excluding tert-OH is 1. The summed E-state index contributed by atoms with van der Waals surface area (Å²) >= 11 is 0. The molecule has 0 aliphatic carbocycles. The lowest BCUT2D eigenvalue weighted by atomic mass is 10.1. The minimum absolute atomic E-state index is 0.0139. The van der Waals surface area contributed by atoms with E-state index in [0.29, 0.717) is 61.8 Å². The zero-order chi connectivity index (χ0) is 49.5. The number of aliphatic hydroxyl groups is 1. The number of fused-ring (bicyclic) bond motifs is 1. The summed E-state index contributed by atoms with van der Waals surface area (Å²) in [5.41, 5.74) is 6.18. The van der Waals surface area contributed by atoms with Crippen molar-refractivity contribution in [2.24, 2.45) is 30.7 Å². The van der Waals surface area contributed by atoms with Gasteiger partial charge in [0.1, 0.15) is 41.2 Å². The Kier molecular flexibility index (Phi) is 18.8. The lowest BCUT2D eigenvalue weighted by Gasteiger charge is -2.12. The fourth-order valence-corrected chi connectivity index (χ4v) is 7.47. The topological polar surface area (TPSA) is 300 Å². The predicted molar refractivity (Wildman–Crippen MR) is 252 cm³/mol. The number of aromatic hydroxyl groups is 1. The Balaban J connectivity index is 0.00000238. The summed E-state index contributed by atoms with van der Waals surface area (Å²) in [6.45, 7) is 8.99. The summed E-state index contributed by atoms with van der Waals surface area (Å²) in [6, 6.07) is 25.2. The molecule has 67 heavy (non-hydrogen) atoms. The summed E-state index contributed by atoms with van der Waals surface area (Å²) in [5, 5.41) is 56.9. The Morgan fingerprint density at radius 2 is 1.24 bits per heavy atom. The van der Waals surface area contributed by atoms with Crippen LogP contribution in [-0.2, 0) is 36.5 Å². The molecule has 0 heterocycles. The number of phenolic OH excluding ortho intramolecular Hbond substituents is 1. The third-order valence-electron chi connectivity index (χ3n) is 9.45. The van der Waals surface area contributed by atoms with Gasteiger partial charge in [-0.25, -0.2) is 4.89 Å². The molecule has 0 saturated carbocycles. The molecule has 354 valence electrons. The number of benzene rings is 6. The molecule has 0 aliphatic heterocycles. The summed E-state index contributed by atoms with van der Waals surface area (Å²) in [6.07, 6.45) is -0.0139. The SMILES string of the molecule is C=O.CO.COc1ccc(Nc2ccc3c(O)c(N=Nc4cc(C)c(N=Nc5cc(C)c(N=Nc6cc(C)cc(COO)c6)cc5OCCCS(=O)(=O)O)cc4C)c(S(=O)(=O)O)cc3c2)cc1. The first-order chi connectivity index (χ1) is 31.9. The van der Waals surface area contributed by atoms with Crippen molar-refractivity contribution in [2.75, 3.05) is 31.9 Å². The highest BCUT2D eigenvalue weighted by Crippen LogP contribution is 2.43. The van der Waals surface area contributed by atoms with Gasteiger partial charge in [-0.3, -0.25) is 14.4 Å². The van der Waals surface area contributed by atoms with Crippen LogP contribution >= 0.6 is 0 Å². The van der Waals surface area contributed by atoms with Crippen LogP contribution in [0.5, 0.6) is 17.2 Å². The lowest BCUT2D eigenvalue weighted by Crippen LogP contribution is -2.08. The van der Waals surface area contributed by atoms with E-state index in [1.54, 1.807) is 107 Å². The fraction of sp³-hybridized carbons (Fsp3) is 0.222. The number of hydrogen-bond donors (Lipinski definition) is 6. The number of azo groups is 3. The molecule has 0 fully saturated rings. The molecular formula is C45H49N7O13S2. The van der Waals surface area contributed by atoms with Crippen molar-refractivity contribution in [2.45, 2.75) is 45.6 Å². The van der Waals surface area contributed by atoms with Crippen LogP contribution in [0.3, 0.4) is 0 Å². The van der Waals surface area contributed by atoms with E-state index >= 15 is 0 Å². The second-order valence-electron chi connectivity index (χ2n) is 14.4. The molecule has 0 saturated heterocycles. The molecule has 20 nitrogen and oxygen atoms in total. The van der Waals surface area contributed by atoms with Crippen LogP contribution in [0.4, 0.5) is 45.5 Å². The van der Waals surface area contributed by atoms with Crippen molar-refractivity contribution < 1.29 is 60.6 Å². The predicted octanol–water partition coefficient (Wildman–Crippen LogP) is 11.1. The summed E-state index contributed by atoms with van der Waals surface area (Å²) < 4.78 is 78.3. The highest BCUT2D eigenvalue weighted by atomic mass is 32.2. The quantitative estimate of drug-likeness (QED) is 0.0163. The Bertz CT molecular complexity index is 3020. The molecule has 0 unspecified atom stereocenters. The molecule has 6 aromatic rings. The van der Waals surface area contributed by atoms with E-state index in [4.69, 9.17) is 24.6 Å². The highest BCUT2D eigenvalue weighted by Gasteiger charge is 2.23. The third kappa shape index (κ3) is 14.7. The number of methoxy groups -OCH3 is 1. The number of nitrogens with zero attached hydrogens (tertiary/aromatic N) is 6. The average molecular weight is 960 g/mol. The summed E-state index contributed by atoms with van der Waals surface area (Å²) in [7, 11) is -6.54. The number of aryl methyl sites for hydroxylation is 4. The van der Waals surface area contributed by atoms with E-state index < -0.39 is 42.3 Å². The Labute approximate surface area is 386 Å². The largest absolute Gasteiger partial charge is 0.505 e. The second-order valence-corrected chi connectivity index (χ2v) is 17.4. The number of carbonyl (C=O) groups is 1. The maximum atomic E-state index is 12.6. The Morgan fingerprint density at radius 3 is 1.84 bits per heavy atom. The minimum atomic E-state index is -4.88. The molecule has 0 aliphatic rings. The maximum absolute atomic E-state index is 12.6.